The predicted molar refractivity (Wildman–Crippen MR) is 99.2 cm³/mol. The van der Waals surface area contributed by atoms with Crippen LogP contribution >= 0.6 is 11.8 Å². The first-order chi connectivity index (χ1) is 12.4. The summed E-state index contributed by atoms with van der Waals surface area (Å²) in [6.45, 7) is -0.456. The molecule has 0 radical (unpaired) electrons. The van der Waals surface area contributed by atoms with Crippen LogP contribution in [0.15, 0.2) is 53.4 Å². The fourth-order valence-electron chi connectivity index (χ4n) is 2.59. The standard InChI is InChI=1S/C19H16N2O4S/c20-17(23)11-21-18(24)16(26-19(21)25)10-14-9-13(6-7-15(14)22)8-12-4-2-1-3-5-12/h1-7,9-10,22H,8,11H2,(H2,20,23)/b16-10-. The fraction of sp³-hybridized carbons (Fsp3) is 0.105. The molecule has 1 aliphatic heterocycles. The van der Waals surface area contributed by atoms with Gasteiger partial charge in [0.2, 0.25) is 5.91 Å². The van der Waals surface area contributed by atoms with Crippen molar-refractivity contribution in [2.24, 2.45) is 5.73 Å². The van der Waals surface area contributed by atoms with Gasteiger partial charge in [0, 0.05) is 5.56 Å². The van der Waals surface area contributed by atoms with E-state index in [4.69, 9.17) is 5.73 Å². The molecule has 0 saturated carbocycles. The summed E-state index contributed by atoms with van der Waals surface area (Å²) in [6, 6.07) is 15.0. The molecule has 3 rings (SSSR count). The zero-order valence-corrected chi connectivity index (χ0v) is 14.5. The summed E-state index contributed by atoms with van der Waals surface area (Å²) in [4.78, 5) is 36.1. The Hall–Kier alpha value is -3.06. The van der Waals surface area contributed by atoms with Gasteiger partial charge in [-0.15, -0.1) is 0 Å². The maximum Gasteiger partial charge on any atom is 0.294 e. The number of carbonyl (C=O) groups is 3. The van der Waals surface area contributed by atoms with Crippen LogP contribution in [0.3, 0.4) is 0 Å². The SMILES string of the molecule is NC(=O)CN1C(=O)S/C(=C\c2cc(Cc3ccccc3)ccc2O)C1=O. The molecule has 0 aromatic heterocycles. The lowest BCUT2D eigenvalue weighted by atomic mass is 10.0. The first-order valence-corrected chi connectivity index (χ1v) is 8.65. The highest BCUT2D eigenvalue weighted by atomic mass is 32.2. The van der Waals surface area contributed by atoms with Crippen LogP contribution in [-0.2, 0) is 16.0 Å². The number of thioether (sulfide) groups is 1. The lowest BCUT2D eigenvalue weighted by molar-refractivity contribution is -0.127. The van der Waals surface area contributed by atoms with Crippen LogP contribution in [0.2, 0.25) is 0 Å². The van der Waals surface area contributed by atoms with E-state index in [9.17, 15) is 19.5 Å². The molecular weight excluding hydrogens is 352 g/mol. The van der Waals surface area contributed by atoms with Crippen molar-refractivity contribution < 1.29 is 19.5 Å². The van der Waals surface area contributed by atoms with Gasteiger partial charge in [0.25, 0.3) is 11.1 Å². The molecule has 0 unspecified atom stereocenters. The molecule has 1 heterocycles. The average Bonchev–Trinajstić information content (AvgIpc) is 2.86. The van der Waals surface area contributed by atoms with Gasteiger partial charge in [0.15, 0.2) is 0 Å². The molecular formula is C19H16N2O4S. The lowest BCUT2D eigenvalue weighted by Crippen LogP contribution is -2.36. The van der Waals surface area contributed by atoms with Crippen LogP contribution in [0.1, 0.15) is 16.7 Å². The van der Waals surface area contributed by atoms with Crippen molar-refractivity contribution >= 4 is 34.9 Å². The third-order valence-corrected chi connectivity index (χ3v) is 4.72. The van der Waals surface area contributed by atoms with Gasteiger partial charge in [0.05, 0.1) is 4.91 Å². The largest absolute Gasteiger partial charge is 0.507 e. The van der Waals surface area contributed by atoms with Crippen LogP contribution in [0, 0.1) is 0 Å². The van der Waals surface area contributed by atoms with Gasteiger partial charge in [0.1, 0.15) is 12.3 Å². The molecule has 1 fully saturated rings. The topological polar surface area (TPSA) is 101 Å². The number of nitrogens with zero attached hydrogens (tertiary/aromatic N) is 1. The molecule has 1 aliphatic rings. The van der Waals surface area contributed by atoms with Crippen molar-refractivity contribution in [1.82, 2.24) is 4.90 Å². The highest BCUT2D eigenvalue weighted by molar-refractivity contribution is 8.18. The monoisotopic (exact) mass is 368 g/mol. The Labute approximate surface area is 154 Å². The quantitative estimate of drug-likeness (QED) is 0.790. The Balaban J connectivity index is 1.86. The molecule has 3 N–H and O–H groups in total. The van der Waals surface area contributed by atoms with E-state index in [0.29, 0.717) is 23.7 Å². The van der Waals surface area contributed by atoms with Crippen molar-refractivity contribution in [3.63, 3.8) is 0 Å². The third kappa shape index (κ3) is 3.94. The smallest absolute Gasteiger partial charge is 0.294 e. The number of phenols is 1. The van der Waals surface area contributed by atoms with Gasteiger partial charge >= 0.3 is 0 Å². The summed E-state index contributed by atoms with van der Waals surface area (Å²) >= 11 is 0.717. The molecule has 2 aromatic carbocycles. The summed E-state index contributed by atoms with van der Waals surface area (Å²) in [5, 5.41) is 9.53. The van der Waals surface area contributed by atoms with Crippen molar-refractivity contribution in [2.75, 3.05) is 6.54 Å². The van der Waals surface area contributed by atoms with E-state index in [0.717, 1.165) is 16.0 Å². The Kier molecular flexibility index (Phi) is 5.09. The summed E-state index contributed by atoms with van der Waals surface area (Å²) in [5.41, 5.74) is 7.56. The molecule has 7 heteroatoms. The Bertz CT molecular complexity index is 909. The molecule has 0 bridgehead atoms. The second kappa shape index (κ2) is 7.45. The molecule has 6 nitrogen and oxygen atoms in total. The second-order valence-electron chi connectivity index (χ2n) is 5.79. The molecule has 132 valence electrons. The van der Waals surface area contributed by atoms with E-state index in [-0.39, 0.29) is 10.7 Å². The summed E-state index contributed by atoms with van der Waals surface area (Å²) in [6.07, 6.45) is 2.13. The number of phenolic OH excluding ortho intramolecular Hbond substituents is 1. The van der Waals surface area contributed by atoms with Crippen molar-refractivity contribution in [1.29, 1.82) is 0 Å². The Morgan fingerprint density at radius 3 is 2.54 bits per heavy atom. The minimum Gasteiger partial charge on any atom is -0.507 e. The van der Waals surface area contributed by atoms with Gasteiger partial charge in [-0.05, 0) is 47.5 Å². The van der Waals surface area contributed by atoms with Crippen LogP contribution in [-0.4, -0.2) is 33.6 Å². The number of aromatic hydroxyl groups is 1. The van der Waals surface area contributed by atoms with Crippen molar-refractivity contribution in [3.8, 4) is 5.75 Å². The van der Waals surface area contributed by atoms with E-state index >= 15 is 0 Å². The number of nitrogens with two attached hydrogens (primary N) is 1. The van der Waals surface area contributed by atoms with Gasteiger partial charge in [-0.3, -0.25) is 19.3 Å². The number of rotatable bonds is 5. The number of imide groups is 1. The number of primary amides is 1. The molecule has 3 amide bonds. The Morgan fingerprint density at radius 1 is 1.12 bits per heavy atom. The normalized spacial score (nSPS) is 15.7. The zero-order chi connectivity index (χ0) is 18.7. The maximum absolute atomic E-state index is 12.3. The van der Waals surface area contributed by atoms with Crippen molar-refractivity contribution in [3.05, 3.63) is 70.1 Å². The van der Waals surface area contributed by atoms with E-state index < -0.39 is 23.6 Å². The number of hydrogen-bond acceptors (Lipinski definition) is 5. The number of carbonyl (C=O) groups excluding carboxylic acids is 3. The first kappa shape index (κ1) is 17.8. The number of amides is 3. The lowest BCUT2D eigenvalue weighted by Gasteiger charge is -2.09. The van der Waals surface area contributed by atoms with Crippen LogP contribution in [0.25, 0.3) is 6.08 Å². The summed E-state index contributed by atoms with van der Waals surface area (Å²) in [7, 11) is 0. The summed E-state index contributed by atoms with van der Waals surface area (Å²) < 4.78 is 0. The van der Waals surface area contributed by atoms with E-state index in [1.165, 1.54) is 6.08 Å². The summed E-state index contributed by atoms with van der Waals surface area (Å²) in [5.74, 6) is -1.35. The van der Waals surface area contributed by atoms with Crippen LogP contribution in [0.5, 0.6) is 5.75 Å². The predicted octanol–water partition coefficient (Wildman–Crippen LogP) is 2.50. The van der Waals surface area contributed by atoms with E-state index in [2.05, 4.69) is 0 Å². The van der Waals surface area contributed by atoms with Gasteiger partial charge in [-0.2, -0.15) is 0 Å². The van der Waals surface area contributed by atoms with Crippen LogP contribution < -0.4 is 5.73 Å². The van der Waals surface area contributed by atoms with Gasteiger partial charge in [-0.25, -0.2) is 0 Å². The molecule has 0 aliphatic carbocycles. The Morgan fingerprint density at radius 2 is 1.85 bits per heavy atom. The minimum atomic E-state index is -0.763. The highest BCUT2D eigenvalue weighted by Crippen LogP contribution is 2.34. The molecule has 0 atom stereocenters. The van der Waals surface area contributed by atoms with E-state index in [1.54, 1.807) is 18.2 Å². The number of benzene rings is 2. The second-order valence-corrected chi connectivity index (χ2v) is 6.78. The molecule has 26 heavy (non-hydrogen) atoms. The fourth-order valence-corrected chi connectivity index (χ4v) is 3.42. The average molecular weight is 368 g/mol. The number of hydrogen-bond donors (Lipinski definition) is 2. The van der Waals surface area contributed by atoms with Crippen LogP contribution in [0.4, 0.5) is 4.79 Å². The zero-order valence-electron chi connectivity index (χ0n) is 13.7. The minimum absolute atomic E-state index is 0.00325. The molecule has 1 saturated heterocycles. The third-order valence-electron chi connectivity index (χ3n) is 3.82. The molecule has 0 spiro atoms. The molecule has 2 aromatic rings. The first-order valence-electron chi connectivity index (χ1n) is 7.83. The van der Waals surface area contributed by atoms with Gasteiger partial charge in [-0.1, -0.05) is 36.4 Å². The van der Waals surface area contributed by atoms with Crippen molar-refractivity contribution in [2.45, 2.75) is 6.42 Å². The maximum atomic E-state index is 12.3. The highest BCUT2D eigenvalue weighted by Gasteiger charge is 2.35. The van der Waals surface area contributed by atoms with E-state index in [1.807, 2.05) is 30.3 Å². The van der Waals surface area contributed by atoms with Gasteiger partial charge < -0.3 is 10.8 Å².